The molecule has 0 saturated heterocycles. The number of hydrogen-bond acceptors (Lipinski definition) is 3. The van der Waals surface area contributed by atoms with Gasteiger partial charge in [-0.1, -0.05) is 25.3 Å². The lowest BCUT2D eigenvalue weighted by molar-refractivity contribution is -0.121. The maximum Gasteiger partial charge on any atom is 0.337 e. The summed E-state index contributed by atoms with van der Waals surface area (Å²) in [6.07, 6.45) is 4.62. The number of nitrogens with one attached hydrogen (secondary N) is 2. The van der Waals surface area contributed by atoms with Gasteiger partial charge in [-0.2, -0.15) is 0 Å². The summed E-state index contributed by atoms with van der Waals surface area (Å²) < 4.78 is 0. The van der Waals surface area contributed by atoms with Crippen molar-refractivity contribution in [1.29, 1.82) is 0 Å². The summed E-state index contributed by atoms with van der Waals surface area (Å²) in [5.41, 5.74) is 0.677. The smallest absolute Gasteiger partial charge is 0.337 e. The van der Waals surface area contributed by atoms with Crippen molar-refractivity contribution >= 4 is 23.3 Å². The van der Waals surface area contributed by atoms with Gasteiger partial charge in [0.25, 0.3) is 0 Å². The second-order valence-corrected chi connectivity index (χ2v) is 5.26. The first kappa shape index (κ1) is 12.0. The Bertz CT molecular complexity index is 548. The number of hydrogen-bond donors (Lipinski definition) is 3. The number of amides is 1. The van der Waals surface area contributed by atoms with Gasteiger partial charge in [0.05, 0.1) is 16.9 Å². The molecule has 1 aliphatic heterocycles. The van der Waals surface area contributed by atoms with Crippen molar-refractivity contribution in [1.82, 2.24) is 0 Å². The number of carbonyl (C=O) groups excluding carboxylic acids is 1. The first-order chi connectivity index (χ1) is 9.12. The number of para-hydroxylation sites is 1. The van der Waals surface area contributed by atoms with Crippen LogP contribution >= 0.6 is 0 Å². The number of benzene rings is 1. The molecule has 1 aromatic rings. The van der Waals surface area contributed by atoms with E-state index in [4.69, 9.17) is 0 Å². The van der Waals surface area contributed by atoms with Crippen molar-refractivity contribution in [3.63, 3.8) is 0 Å². The predicted molar refractivity (Wildman–Crippen MR) is 71.5 cm³/mol. The van der Waals surface area contributed by atoms with Crippen LogP contribution in [0.15, 0.2) is 18.2 Å². The van der Waals surface area contributed by atoms with Crippen LogP contribution in [0.5, 0.6) is 0 Å². The molecule has 100 valence electrons. The quantitative estimate of drug-likeness (QED) is 0.724. The Morgan fingerprint density at radius 2 is 1.95 bits per heavy atom. The molecule has 0 radical (unpaired) electrons. The molecule has 0 aromatic heterocycles. The van der Waals surface area contributed by atoms with E-state index in [0.717, 1.165) is 32.1 Å². The van der Waals surface area contributed by atoms with Crippen LogP contribution in [0.4, 0.5) is 11.4 Å². The molecule has 1 aromatic carbocycles. The Labute approximate surface area is 111 Å². The van der Waals surface area contributed by atoms with Gasteiger partial charge >= 0.3 is 5.97 Å². The van der Waals surface area contributed by atoms with Gasteiger partial charge in [0, 0.05) is 0 Å². The molecule has 2 aliphatic rings. The maximum absolute atomic E-state index is 12.3. The zero-order chi connectivity index (χ0) is 13.5. The highest BCUT2D eigenvalue weighted by Gasteiger charge is 2.43. The van der Waals surface area contributed by atoms with Gasteiger partial charge in [-0.25, -0.2) is 4.79 Å². The first-order valence-electron chi connectivity index (χ1n) is 6.58. The zero-order valence-corrected chi connectivity index (χ0v) is 10.5. The molecule has 0 unspecified atom stereocenters. The third-order valence-electron chi connectivity index (χ3n) is 4.05. The second-order valence-electron chi connectivity index (χ2n) is 5.26. The number of carboxylic acids is 1. The molecule has 1 aliphatic carbocycles. The number of aromatic carboxylic acids is 1. The van der Waals surface area contributed by atoms with Gasteiger partial charge in [0.2, 0.25) is 5.91 Å². The summed E-state index contributed by atoms with van der Waals surface area (Å²) in [6.45, 7) is 0. The van der Waals surface area contributed by atoms with Crippen LogP contribution in [-0.2, 0) is 4.79 Å². The Kier molecular flexibility index (Phi) is 2.69. The molecule has 3 N–H and O–H groups in total. The average Bonchev–Trinajstić information content (AvgIpc) is 2.40. The van der Waals surface area contributed by atoms with E-state index in [2.05, 4.69) is 10.6 Å². The van der Waals surface area contributed by atoms with Crippen LogP contribution < -0.4 is 10.6 Å². The van der Waals surface area contributed by atoms with Crippen LogP contribution in [0.2, 0.25) is 0 Å². The minimum absolute atomic E-state index is 0.0396. The van der Waals surface area contributed by atoms with E-state index in [-0.39, 0.29) is 11.5 Å². The highest BCUT2D eigenvalue weighted by molar-refractivity contribution is 6.10. The van der Waals surface area contributed by atoms with Gasteiger partial charge in [-0.05, 0) is 25.0 Å². The Morgan fingerprint density at radius 1 is 1.21 bits per heavy atom. The average molecular weight is 260 g/mol. The van der Waals surface area contributed by atoms with Gasteiger partial charge < -0.3 is 15.7 Å². The number of carbonyl (C=O) groups is 2. The normalized spacial score (nSPS) is 20.3. The first-order valence-corrected chi connectivity index (χ1v) is 6.58. The molecule has 1 saturated carbocycles. The fourth-order valence-corrected chi connectivity index (χ4v) is 3.01. The van der Waals surface area contributed by atoms with E-state index in [1.54, 1.807) is 18.2 Å². The fraction of sp³-hybridized carbons (Fsp3) is 0.429. The molecule has 5 heteroatoms. The van der Waals surface area contributed by atoms with E-state index in [1.165, 1.54) is 0 Å². The molecule has 1 spiro atoms. The number of fused-ring (bicyclic) bond motifs is 1. The molecule has 0 bridgehead atoms. The predicted octanol–water partition coefficient (Wildman–Crippen LogP) is 2.45. The molecule has 19 heavy (non-hydrogen) atoms. The second kappa shape index (κ2) is 4.26. The SMILES string of the molecule is O=C(O)c1cccc2c1NC1(CCCCC1)C(=O)N2. The molecule has 1 amide bonds. The molecular weight excluding hydrogens is 244 g/mol. The monoisotopic (exact) mass is 260 g/mol. The molecule has 3 rings (SSSR count). The van der Waals surface area contributed by atoms with E-state index in [0.29, 0.717) is 11.4 Å². The van der Waals surface area contributed by atoms with Crippen molar-refractivity contribution in [2.24, 2.45) is 0 Å². The Balaban J connectivity index is 2.05. The summed E-state index contributed by atoms with van der Waals surface area (Å²) in [7, 11) is 0. The molecule has 1 fully saturated rings. The molecule has 5 nitrogen and oxygen atoms in total. The summed E-state index contributed by atoms with van der Waals surface area (Å²) in [5.74, 6) is -1.02. The number of carboxylic acid groups (broad SMARTS) is 1. The largest absolute Gasteiger partial charge is 0.478 e. The third kappa shape index (κ3) is 1.85. The molecular formula is C14H16N2O3. The van der Waals surface area contributed by atoms with E-state index >= 15 is 0 Å². The van der Waals surface area contributed by atoms with E-state index < -0.39 is 11.5 Å². The topological polar surface area (TPSA) is 78.4 Å². The van der Waals surface area contributed by atoms with Gasteiger partial charge in [-0.15, -0.1) is 0 Å². The minimum Gasteiger partial charge on any atom is -0.478 e. The summed E-state index contributed by atoms with van der Waals surface area (Å²) in [5, 5.41) is 15.3. The fourth-order valence-electron chi connectivity index (χ4n) is 3.01. The minimum atomic E-state index is -0.980. The lowest BCUT2D eigenvalue weighted by atomic mass is 9.79. The van der Waals surface area contributed by atoms with Gasteiger partial charge in [-0.3, -0.25) is 4.79 Å². The number of anilines is 2. The number of rotatable bonds is 1. The third-order valence-corrected chi connectivity index (χ3v) is 4.05. The van der Waals surface area contributed by atoms with E-state index in [9.17, 15) is 14.7 Å². The van der Waals surface area contributed by atoms with E-state index in [1.807, 2.05) is 0 Å². The van der Waals surface area contributed by atoms with Crippen molar-refractivity contribution < 1.29 is 14.7 Å². The van der Waals surface area contributed by atoms with Gasteiger partial charge in [0.15, 0.2) is 0 Å². The van der Waals surface area contributed by atoms with Crippen molar-refractivity contribution in [3.05, 3.63) is 23.8 Å². The standard InChI is InChI=1S/C14H16N2O3/c17-12(18)9-5-4-6-10-11(9)16-14(13(19)15-10)7-2-1-3-8-14/h4-6,16H,1-3,7-8H2,(H,15,19)(H,17,18). The summed E-state index contributed by atoms with van der Waals surface area (Å²) >= 11 is 0. The lowest BCUT2D eigenvalue weighted by Crippen LogP contribution is -2.53. The highest BCUT2D eigenvalue weighted by atomic mass is 16.4. The van der Waals surface area contributed by atoms with Gasteiger partial charge in [0.1, 0.15) is 5.54 Å². The van der Waals surface area contributed by atoms with Crippen LogP contribution in [0.3, 0.4) is 0 Å². The Morgan fingerprint density at radius 3 is 2.63 bits per heavy atom. The van der Waals surface area contributed by atoms with Crippen LogP contribution in [0.25, 0.3) is 0 Å². The van der Waals surface area contributed by atoms with Crippen LogP contribution in [-0.4, -0.2) is 22.5 Å². The van der Waals surface area contributed by atoms with Crippen molar-refractivity contribution in [2.75, 3.05) is 10.6 Å². The Hall–Kier alpha value is -2.04. The maximum atomic E-state index is 12.3. The molecule has 0 atom stereocenters. The summed E-state index contributed by atoms with van der Waals surface area (Å²) in [4.78, 5) is 23.6. The summed E-state index contributed by atoms with van der Waals surface area (Å²) in [6, 6.07) is 4.92. The van der Waals surface area contributed by atoms with Crippen molar-refractivity contribution in [3.8, 4) is 0 Å². The zero-order valence-electron chi connectivity index (χ0n) is 10.5. The highest BCUT2D eigenvalue weighted by Crippen LogP contribution is 2.40. The molecule has 1 heterocycles. The van der Waals surface area contributed by atoms with Crippen LogP contribution in [0.1, 0.15) is 42.5 Å². The van der Waals surface area contributed by atoms with Crippen molar-refractivity contribution in [2.45, 2.75) is 37.6 Å². The van der Waals surface area contributed by atoms with Crippen LogP contribution in [0, 0.1) is 0 Å². The lowest BCUT2D eigenvalue weighted by Gasteiger charge is -2.41.